The summed E-state index contributed by atoms with van der Waals surface area (Å²) in [6, 6.07) is 7.30. The van der Waals surface area contributed by atoms with Crippen LogP contribution in [-0.4, -0.2) is 41.7 Å². The number of likely N-dealkylation sites (tertiary alicyclic amines) is 1. The lowest BCUT2D eigenvalue weighted by atomic mass is 9.81. The van der Waals surface area contributed by atoms with E-state index in [1.807, 2.05) is 25.1 Å². The molecule has 3 fully saturated rings. The zero-order valence-electron chi connectivity index (χ0n) is 15.8. The van der Waals surface area contributed by atoms with Crippen molar-refractivity contribution in [2.45, 2.75) is 32.6 Å². The lowest BCUT2D eigenvalue weighted by Gasteiger charge is -2.19. The largest absolute Gasteiger partial charge is 0.456 e. The molecule has 1 N–H and O–H groups in total. The van der Waals surface area contributed by atoms with E-state index in [0.717, 1.165) is 24.8 Å². The summed E-state index contributed by atoms with van der Waals surface area (Å²) in [5, 5.41) is 2.66. The first kappa shape index (κ1) is 18.7. The smallest absolute Gasteiger partial charge is 0.308 e. The van der Waals surface area contributed by atoms with Gasteiger partial charge in [0.25, 0.3) is 5.91 Å². The predicted octanol–water partition coefficient (Wildman–Crippen LogP) is 1.90. The predicted molar refractivity (Wildman–Crippen MR) is 99.9 cm³/mol. The minimum atomic E-state index is -0.597. The first-order chi connectivity index (χ1) is 13.4. The van der Waals surface area contributed by atoms with Gasteiger partial charge in [-0.05, 0) is 55.7 Å². The molecule has 2 saturated carbocycles. The van der Waals surface area contributed by atoms with Gasteiger partial charge in [-0.3, -0.25) is 24.1 Å². The number of carbonyl (C=O) groups excluding carboxylic acids is 4. The van der Waals surface area contributed by atoms with Gasteiger partial charge in [0.2, 0.25) is 11.8 Å². The molecule has 4 atom stereocenters. The van der Waals surface area contributed by atoms with Crippen molar-refractivity contribution in [1.82, 2.24) is 4.90 Å². The maximum absolute atomic E-state index is 12.6. The number of aryl methyl sites for hydroxylation is 1. The summed E-state index contributed by atoms with van der Waals surface area (Å²) < 4.78 is 4.98. The van der Waals surface area contributed by atoms with Gasteiger partial charge in [0.1, 0.15) is 0 Å². The monoisotopic (exact) mass is 384 g/mol. The summed E-state index contributed by atoms with van der Waals surface area (Å²) in [5.74, 6) is -0.995. The summed E-state index contributed by atoms with van der Waals surface area (Å²) in [7, 11) is 0. The Kier molecular flexibility index (Phi) is 4.91. The third kappa shape index (κ3) is 3.41. The van der Waals surface area contributed by atoms with E-state index in [1.165, 1.54) is 4.90 Å². The van der Waals surface area contributed by atoms with Crippen molar-refractivity contribution in [3.8, 4) is 0 Å². The van der Waals surface area contributed by atoms with Crippen molar-refractivity contribution in [1.29, 1.82) is 0 Å². The van der Waals surface area contributed by atoms with Crippen LogP contribution in [-0.2, 0) is 23.9 Å². The first-order valence-electron chi connectivity index (χ1n) is 9.81. The number of ether oxygens (including phenoxy) is 1. The van der Waals surface area contributed by atoms with Crippen LogP contribution in [0.4, 0.5) is 5.69 Å². The summed E-state index contributed by atoms with van der Waals surface area (Å²) in [5.41, 5.74) is 1.64. The van der Waals surface area contributed by atoms with Crippen LogP contribution in [0.25, 0.3) is 0 Å². The second-order valence-corrected chi connectivity index (χ2v) is 8.04. The fourth-order valence-corrected chi connectivity index (χ4v) is 5.03. The molecule has 1 aromatic carbocycles. The second kappa shape index (κ2) is 7.37. The van der Waals surface area contributed by atoms with E-state index in [-0.39, 0.29) is 36.6 Å². The molecule has 7 heteroatoms. The number of nitrogens with zero attached hydrogens (tertiary/aromatic N) is 1. The van der Waals surface area contributed by atoms with Crippen molar-refractivity contribution in [3.63, 3.8) is 0 Å². The molecule has 1 aliphatic heterocycles. The van der Waals surface area contributed by atoms with E-state index in [4.69, 9.17) is 4.74 Å². The topological polar surface area (TPSA) is 92.8 Å². The van der Waals surface area contributed by atoms with Gasteiger partial charge < -0.3 is 10.1 Å². The van der Waals surface area contributed by atoms with Crippen LogP contribution in [0.5, 0.6) is 0 Å². The van der Waals surface area contributed by atoms with Crippen molar-refractivity contribution < 1.29 is 23.9 Å². The van der Waals surface area contributed by atoms with Crippen LogP contribution in [0, 0.1) is 30.6 Å². The number of anilines is 1. The number of rotatable bonds is 6. The molecule has 0 aromatic heterocycles. The van der Waals surface area contributed by atoms with Crippen LogP contribution in [0.15, 0.2) is 24.3 Å². The number of fused-ring (bicyclic) bond motifs is 5. The minimum absolute atomic E-state index is 0.0302. The highest BCUT2D eigenvalue weighted by atomic mass is 16.5. The van der Waals surface area contributed by atoms with Gasteiger partial charge in [0.15, 0.2) is 6.61 Å². The summed E-state index contributed by atoms with van der Waals surface area (Å²) >= 11 is 0. The van der Waals surface area contributed by atoms with Crippen molar-refractivity contribution in [3.05, 3.63) is 29.8 Å². The number of carbonyl (C=O) groups is 4. The summed E-state index contributed by atoms with van der Waals surface area (Å²) in [6.45, 7) is 1.54. The molecule has 1 aromatic rings. The molecule has 2 bridgehead atoms. The molecule has 3 aliphatic rings. The Hall–Kier alpha value is -2.70. The highest BCUT2D eigenvalue weighted by molar-refractivity contribution is 6.06. The number of benzene rings is 1. The van der Waals surface area contributed by atoms with Gasteiger partial charge in [-0.25, -0.2) is 0 Å². The molecular formula is C21H24N2O5. The third-order valence-electron chi connectivity index (χ3n) is 6.22. The average Bonchev–Trinajstić information content (AvgIpc) is 3.33. The number of hydrogen-bond acceptors (Lipinski definition) is 5. The van der Waals surface area contributed by atoms with E-state index in [9.17, 15) is 19.2 Å². The molecule has 1 heterocycles. The Balaban J connectivity index is 1.23. The first-order valence-corrected chi connectivity index (χ1v) is 9.81. The Bertz CT molecular complexity index is 808. The number of nitrogens with one attached hydrogen (secondary N) is 1. The zero-order chi connectivity index (χ0) is 19.8. The lowest BCUT2D eigenvalue weighted by Crippen LogP contribution is -2.35. The molecule has 4 rings (SSSR count). The molecule has 0 radical (unpaired) electrons. The molecule has 2 aliphatic carbocycles. The molecule has 1 saturated heterocycles. The quantitative estimate of drug-likeness (QED) is 0.597. The summed E-state index contributed by atoms with van der Waals surface area (Å²) in [4.78, 5) is 50.3. The van der Waals surface area contributed by atoms with Gasteiger partial charge in [0.05, 0.1) is 18.3 Å². The Morgan fingerprint density at radius 2 is 1.82 bits per heavy atom. The van der Waals surface area contributed by atoms with Crippen molar-refractivity contribution in [2.24, 2.45) is 23.7 Å². The maximum atomic E-state index is 12.6. The highest BCUT2D eigenvalue weighted by Crippen LogP contribution is 2.56. The molecule has 0 unspecified atom stereocenters. The number of esters is 1. The number of imide groups is 1. The average molecular weight is 384 g/mol. The SMILES string of the molecule is Cc1cccc(NC(=O)COC(=O)CCN2C(=O)[C@@H]3[C@@H]4CC[C@@H](C4)[C@@H]3C2=O)c1. The van der Waals surface area contributed by atoms with Crippen LogP contribution < -0.4 is 5.32 Å². The van der Waals surface area contributed by atoms with Gasteiger partial charge in [0, 0.05) is 12.2 Å². The second-order valence-electron chi connectivity index (χ2n) is 8.04. The minimum Gasteiger partial charge on any atom is -0.456 e. The van der Waals surface area contributed by atoms with E-state index in [0.29, 0.717) is 17.5 Å². The van der Waals surface area contributed by atoms with Gasteiger partial charge in [-0.15, -0.1) is 0 Å². The molecule has 0 spiro atoms. The fraction of sp³-hybridized carbons (Fsp3) is 0.524. The Morgan fingerprint density at radius 1 is 1.14 bits per heavy atom. The molecular weight excluding hydrogens is 360 g/mol. The summed E-state index contributed by atoms with van der Waals surface area (Å²) in [6.07, 6.45) is 2.94. The standard InChI is InChI=1S/C21H24N2O5/c1-12-3-2-4-15(9-12)22-16(24)11-28-17(25)7-8-23-20(26)18-13-5-6-14(10-13)19(18)21(23)27/h2-4,9,13-14,18-19H,5-8,10-11H2,1H3,(H,22,24)/t13-,14+,18-,19+. The molecule has 7 nitrogen and oxygen atoms in total. The van der Waals surface area contributed by atoms with Crippen LogP contribution in [0.2, 0.25) is 0 Å². The third-order valence-corrected chi connectivity index (χ3v) is 6.22. The van der Waals surface area contributed by atoms with Gasteiger partial charge >= 0.3 is 5.97 Å². The van der Waals surface area contributed by atoms with Gasteiger partial charge in [-0.1, -0.05) is 12.1 Å². The van der Waals surface area contributed by atoms with Crippen molar-refractivity contribution in [2.75, 3.05) is 18.5 Å². The van der Waals surface area contributed by atoms with Crippen molar-refractivity contribution >= 4 is 29.4 Å². The van der Waals surface area contributed by atoms with E-state index in [2.05, 4.69) is 5.32 Å². The zero-order valence-corrected chi connectivity index (χ0v) is 15.8. The van der Waals surface area contributed by atoms with E-state index < -0.39 is 18.5 Å². The number of amides is 3. The van der Waals surface area contributed by atoms with Crippen LogP contribution in [0.3, 0.4) is 0 Å². The molecule has 148 valence electrons. The van der Waals surface area contributed by atoms with Crippen LogP contribution in [0.1, 0.15) is 31.2 Å². The van der Waals surface area contributed by atoms with E-state index in [1.54, 1.807) is 6.07 Å². The highest BCUT2D eigenvalue weighted by Gasteiger charge is 2.60. The number of hydrogen-bond donors (Lipinski definition) is 1. The van der Waals surface area contributed by atoms with Gasteiger partial charge in [-0.2, -0.15) is 0 Å². The van der Waals surface area contributed by atoms with E-state index >= 15 is 0 Å². The molecule has 28 heavy (non-hydrogen) atoms. The maximum Gasteiger partial charge on any atom is 0.308 e. The lowest BCUT2D eigenvalue weighted by molar-refractivity contribution is -0.149. The van der Waals surface area contributed by atoms with Crippen LogP contribution >= 0.6 is 0 Å². The Labute approximate surface area is 163 Å². The fourth-order valence-electron chi connectivity index (χ4n) is 5.03. The normalized spacial score (nSPS) is 27.8. The molecule has 3 amide bonds. The Morgan fingerprint density at radius 3 is 2.46 bits per heavy atom.